The number of hydrogen-bond donors (Lipinski definition) is 2. The smallest absolute Gasteiger partial charge is 0.311 e. The minimum Gasteiger partial charge on any atom is -0.481 e. The number of aliphatic carboxylic acids is 1. The molecule has 0 saturated heterocycles. The van der Waals surface area contributed by atoms with Gasteiger partial charge in [-0.1, -0.05) is 25.0 Å². The average Bonchev–Trinajstić information content (AvgIpc) is 2.93. The van der Waals surface area contributed by atoms with Gasteiger partial charge in [0, 0.05) is 12.6 Å². The van der Waals surface area contributed by atoms with Gasteiger partial charge in [-0.3, -0.25) is 9.59 Å². The fourth-order valence-corrected chi connectivity index (χ4v) is 2.62. The summed E-state index contributed by atoms with van der Waals surface area (Å²) in [5, 5.41) is 11.9. The van der Waals surface area contributed by atoms with Crippen LogP contribution in [0.5, 0.6) is 0 Å². The molecule has 1 fully saturated rings. The zero-order valence-electron chi connectivity index (χ0n) is 11.6. The second kappa shape index (κ2) is 6.52. The van der Waals surface area contributed by atoms with Crippen molar-refractivity contribution in [1.82, 2.24) is 5.32 Å². The van der Waals surface area contributed by atoms with E-state index in [2.05, 4.69) is 5.32 Å². The Hall–Kier alpha value is -2.17. The van der Waals surface area contributed by atoms with Crippen LogP contribution in [0.15, 0.2) is 30.3 Å². The van der Waals surface area contributed by atoms with Gasteiger partial charge in [0.1, 0.15) is 5.82 Å². The van der Waals surface area contributed by atoms with Gasteiger partial charge in [0.15, 0.2) is 0 Å². The first-order valence-electron chi connectivity index (χ1n) is 6.97. The number of carbonyl (C=O) groups is 2. The van der Waals surface area contributed by atoms with Gasteiger partial charge in [-0.05, 0) is 36.6 Å². The standard InChI is InChI=1S/C16H18FNO3/c17-13-5-3-4-12(10-13)6-7-14(19)18-11-16(15(20)21)8-1-2-9-16/h3-7,10H,1-2,8-9,11H2,(H,18,19)(H,20,21)/b7-6+. The van der Waals surface area contributed by atoms with Crippen LogP contribution in [0, 0.1) is 11.2 Å². The predicted molar refractivity (Wildman–Crippen MR) is 77.0 cm³/mol. The number of benzene rings is 1. The molecule has 1 aliphatic rings. The minimum atomic E-state index is -0.852. The SMILES string of the molecule is O=C(/C=C/c1cccc(F)c1)NCC1(C(=O)O)CCCC1. The molecule has 0 spiro atoms. The fraction of sp³-hybridized carbons (Fsp3) is 0.375. The van der Waals surface area contributed by atoms with Crippen LogP contribution >= 0.6 is 0 Å². The average molecular weight is 291 g/mol. The number of carboxylic acid groups (broad SMARTS) is 1. The highest BCUT2D eigenvalue weighted by Crippen LogP contribution is 2.37. The minimum absolute atomic E-state index is 0.134. The molecule has 0 atom stereocenters. The van der Waals surface area contributed by atoms with E-state index < -0.39 is 11.4 Å². The molecule has 0 bridgehead atoms. The molecule has 1 amide bonds. The lowest BCUT2D eigenvalue weighted by Gasteiger charge is -2.23. The van der Waals surface area contributed by atoms with Gasteiger partial charge in [0.05, 0.1) is 5.41 Å². The van der Waals surface area contributed by atoms with E-state index in [-0.39, 0.29) is 18.3 Å². The van der Waals surface area contributed by atoms with Crippen LogP contribution in [0.2, 0.25) is 0 Å². The van der Waals surface area contributed by atoms with E-state index in [0.29, 0.717) is 18.4 Å². The van der Waals surface area contributed by atoms with Crippen molar-refractivity contribution in [3.63, 3.8) is 0 Å². The molecule has 1 saturated carbocycles. The number of halogens is 1. The van der Waals surface area contributed by atoms with Crippen LogP contribution in [0.3, 0.4) is 0 Å². The van der Waals surface area contributed by atoms with E-state index in [1.54, 1.807) is 12.1 Å². The zero-order valence-corrected chi connectivity index (χ0v) is 11.6. The number of carboxylic acids is 1. The summed E-state index contributed by atoms with van der Waals surface area (Å²) < 4.78 is 13.0. The van der Waals surface area contributed by atoms with Gasteiger partial charge in [-0.25, -0.2) is 4.39 Å². The van der Waals surface area contributed by atoms with Crippen molar-refractivity contribution in [3.8, 4) is 0 Å². The summed E-state index contributed by atoms with van der Waals surface area (Å²) in [4.78, 5) is 23.1. The third kappa shape index (κ3) is 3.90. The van der Waals surface area contributed by atoms with Crippen molar-refractivity contribution in [2.75, 3.05) is 6.54 Å². The monoisotopic (exact) mass is 291 g/mol. The lowest BCUT2D eigenvalue weighted by atomic mass is 9.86. The molecule has 0 unspecified atom stereocenters. The van der Waals surface area contributed by atoms with Gasteiger partial charge in [0.25, 0.3) is 0 Å². The maximum absolute atomic E-state index is 13.0. The summed E-state index contributed by atoms with van der Waals surface area (Å²) in [6.07, 6.45) is 5.73. The molecule has 0 heterocycles. The lowest BCUT2D eigenvalue weighted by Crippen LogP contribution is -2.40. The quantitative estimate of drug-likeness (QED) is 0.819. The number of rotatable bonds is 5. The summed E-state index contributed by atoms with van der Waals surface area (Å²) in [6, 6.07) is 5.89. The van der Waals surface area contributed by atoms with Crippen molar-refractivity contribution in [3.05, 3.63) is 41.7 Å². The van der Waals surface area contributed by atoms with E-state index in [9.17, 15) is 19.1 Å². The molecule has 1 aromatic rings. The largest absolute Gasteiger partial charge is 0.481 e. The number of amides is 1. The van der Waals surface area contributed by atoms with Gasteiger partial charge < -0.3 is 10.4 Å². The summed E-state index contributed by atoms with van der Waals surface area (Å²) in [5.41, 5.74) is -0.249. The van der Waals surface area contributed by atoms with E-state index in [1.165, 1.54) is 24.3 Å². The summed E-state index contributed by atoms with van der Waals surface area (Å²) >= 11 is 0. The first kappa shape index (κ1) is 15.2. The molecule has 112 valence electrons. The molecule has 1 aliphatic carbocycles. The van der Waals surface area contributed by atoms with E-state index in [0.717, 1.165) is 12.8 Å². The van der Waals surface area contributed by atoms with Crippen LogP contribution < -0.4 is 5.32 Å². The number of carbonyl (C=O) groups excluding carboxylic acids is 1. The van der Waals surface area contributed by atoms with Crippen LogP contribution in [0.4, 0.5) is 4.39 Å². The molecule has 2 N–H and O–H groups in total. The Morgan fingerprint density at radius 3 is 2.67 bits per heavy atom. The summed E-state index contributed by atoms with van der Waals surface area (Å²) in [7, 11) is 0. The Morgan fingerprint density at radius 1 is 1.33 bits per heavy atom. The molecule has 0 aromatic heterocycles. The van der Waals surface area contributed by atoms with Crippen LogP contribution in [-0.4, -0.2) is 23.5 Å². The topological polar surface area (TPSA) is 66.4 Å². The van der Waals surface area contributed by atoms with Crippen molar-refractivity contribution in [2.24, 2.45) is 5.41 Å². The summed E-state index contributed by atoms with van der Waals surface area (Å²) in [6.45, 7) is 0.134. The normalized spacial score (nSPS) is 17.0. The molecule has 0 aliphatic heterocycles. The van der Waals surface area contributed by atoms with Crippen LogP contribution in [0.25, 0.3) is 6.08 Å². The third-order valence-corrected chi connectivity index (χ3v) is 3.89. The zero-order chi connectivity index (χ0) is 15.3. The number of nitrogens with one attached hydrogen (secondary N) is 1. The molecular weight excluding hydrogens is 273 g/mol. The number of hydrogen-bond acceptors (Lipinski definition) is 2. The van der Waals surface area contributed by atoms with Gasteiger partial charge in [-0.2, -0.15) is 0 Å². The lowest BCUT2D eigenvalue weighted by molar-refractivity contribution is -0.148. The fourth-order valence-electron chi connectivity index (χ4n) is 2.62. The molecular formula is C16H18FNO3. The second-order valence-electron chi connectivity index (χ2n) is 5.40. The molecule has 21 heavy (non-hydrogen) atoms. The Bertz CT molecular complexity index is 562. The van der Waals surface area contributed by atoms with Crippen molar-refractivity contribution < 1.29 is 19.1 Å². The first-order valence-corrected chi connectivity index (χ1v) is 6.97. The molecule has 1 aromatic carbocycles. The van der Waals surface area contributed by atoms with Crippen LogP contribution in [-0.2, 0) is 9.59 Å². The highest BCUT2D eigenvalue weighted by atomic mass is 19.1. The molecule has 4 nitrogen and oxygen atoms in total. The predicted octanol–water partition coefficient (Wildman–Crippen LogP) is 2.60. The maximum Gasteiger partial charge on any atom is 0.311 e. The Labute approximate surface area is 122 Å². The van der Waals surface area contributed by atoms with Crippen molar-refractivity contribution in [2.45, 2.75) is 25.7 Å². The Kier molecular flexibility index (Phi) is 4.73. The van der Waals surface area contributed by atoms with E-state index in [4.69, 9.17) is 0 Å². The van der Waals surface area contributed by atoms with E-state index >= 15 is 0 Å². The molecule has 0 radical (unpaired) electrons. The highest BCUT2D eigenvalue weighted by Gasteiger charge is 2.41. The van der Waals surface area contributed by atoms with Crippen LogP contribution in [0.1, 0.15) is 31.2 Å². The highest BCUT2D eigenvalue weighted by molar-refractivity contribution is 5.92. The van der Waals surface area contributed by atoms with Gasteiger partial charge in [0.2, 0.25) is 5.91 Å². The first-order chi connectivity index (χ1) is 10.0. The Balaban J connectivity index is 1.91. The van der Waals surface area contributed by atoms with E-state index in [1.807, 2.05) is 0 Å². The third-order valence-electron chi connectivity index (χ3n) is 3.89. The van der Waals surface area contributed by atoms with Crippen molar-refractivity contribution >= 4 is 18.0 Å². The molecule has 5 heteroatoms. The van der Waals surface area contributed by atoms with Gasteiger partial charge >= 0.3 is 5.97 Å². The molecule has 2 rings (SSSR count). The second-order valence-corrected chi connectivity index (χ2v) is 5.40. The van der Waals surface area contributed by atoms with Gasteiger partial charge in [-0.15, -0.1) is 0 Å². The Morgan fingerprint density at radius 2 is 2.05 bits per heavy atom. The maximum atomic E-state index is 13.0. The summed E-state index contributed by atoms with van der Waals surface area (Å²) in [5.74, 6) is -1.59. The van der Waals surface area contributed by atoms with Crippen molar-refractivity contribution in [1.29, 1.82) is 0 Å².